The first-order chi connectivity index (χ1) is 24.1. The predicted octanol–water partition coefficient (Wildman–Crippen LogP) is 10.7. The van der Waals surface area contributed by atoms with Gasteiger partial charge in [0, 0.05) is 22.8 Å². The van der Waals surface area contributed by atoms with Crippen LogP contribution >= 0.6 is 15.0 Å². The maximum atomic E-state index is 6.62. The fraction of sp³-hybridized carbons (Fsp3) is 0. The van der Waals surface area contributed by atoms with Crippen LogP contribution in [0.4, 0.5) is 11.4 Å². The Morgan fingerprint density at radius 3 is 1.02 bits per heavy atom. The van der Waals surface area contributed by atoms with E-state index in [-0.39, 0.29) is 0 Å². The van der Waals surface area contributed by atoms with E-state index in [4.69, 9.17) is 27.6 Å². The molecule has 0 amide bonds. The summed E-state index contributed by atoms with van der Waals surface area (Å²) in [5.74, 6) is 6.73. The van der Waals surface area contributed by atoms with Gasteiger partial charge in [-0.2, -0.15) is 9.49 Å². The second kappa shape index (κ2) is 13.6. The van der Waals surface area contributed by atoms with Gasteiger partial charge >= 0.3 is 15.0 Å². The van der Waals surface area contributed by atoms with Gasteiger partial charge in [-0.05, 0) is 60.7 Å². The Morgan fingerprint density at radius 2 is 0.694 bits per heavy atom. The molecule has 0 radical (unpaired) electrons. The van der Waals surface area contributed by atoms with Crippen molar-refractivity contribution < 1.29 is 18.1 Å². The molecule has 6 aromatic rings. The van der Waals surface area contributed by atoms with Crippen LogP contribution in [0.15, 0.2) is 179 Å². The van der Waals surface area contributed by atoms with E-state index in [0.717, 1.165) is 33.4 Å². The molecule has 0 aromatic heterocycles. The Hall–Kier alpha value is -5.48. The average molecular weight is 676 g/mol. The largest absolute Gasteiger partial charge is 0.427 e. The standard InChI is InChI=1S/C40H31BN2O4P2/c1-5-17-33(18-6-1)44-48(45-34-19-7-2-8-20-34)29-27-31-15-13-25-37(39(31)42-48)41-38-26-14-16-32-28-30-49(43-40(32)38,46-35-21-9-3-10-22-35)47-36-23-11-4-12-24-36/h1-30,41H. The van der Waals surface area contributed by atoms with Crippen molar-refractivity contribution in [3.63, 3.8) is 0 Å². The average Bonchev–Trinajstić information content (AvgIpc) is 3.14. The highest BCUT2D eigenvalue weighted by molar-refractivity contribution is 7.61. The van der Waals surface area contributed by atoms with E-state index in [0.29, 0.717) is 30.3 Å². The van der Waals surface area contributed by atoms with Crippen molar-refractivity contribution in [3.8, 4) is 23.0 Å². The van der Waals surface area contributed by atoms with Crippen LogP contribution in [-0.4, -0.2) is 7.28 Å². The molecule has 2 heterocycles. The van der Waals surface area contributed by atoms with E-state index in [1.807, 2.05) is 133 Å². The zero-order valence-electron chi connectivity index (χ0n) is 26.4. The topological polar surface area (TPSA) is 61.6 Å². The molecule has 0 saturated carbocycles. The van der Waals surface area contributed by atoms with Gasteiger partial charge in [0.05, 0.1) is 11.4 Å². The highest BCUT2D eigenvalue weighted by Gasteiger charge is 2.30. The third-order valence-electron chi connectivity index (χ3n) is 7.96. The van der Waals surface area contributed by atoms with Crippen molar-refractivity contribution >= 4 is 56.7 Å². The van der Waals surface area contributed by atoms with E-state index in [2.05, 4.69) is 48.6 Å². The molecule has 0 fully saturated rings. The van der Waals surface area contributed by atoms with Gasteiger partial charge in [0.15, 0.2) is 7.28 Å². The summed E-state index contributed by atoms with van der Waals surface area (Å²) in [5, 5.41) is 0. The van der Waals surface area contributed by atoms with Crippen molar-refractivity contribution in [1.82, 2.24) is 0 Å². The number of nitrogens with zero attached hydrogens (tertiary/aromatic N) is 2. The molecule has 9 heteroatoms. The highest BCUT2D eigenvalue weighted by atomic mass is 31.2. The lowest BCUT2D eigenvalue weighted by molar-refractivity contribution is 0.485. The van der Waals surface area contributed by atoms with Gasteiger partial charge in [0.25, 0.3) is 0 Å². The highest BCUT2D eigenvalue weighted by Crippen LogP contribution is 2.59. The molecular weight excluding hydrogens is 645 g/mol. The number of rotatable bonds is 10. The molecule has 0 saturated heterocycles. The van der Waals surface area contributed by atoms with Gasteiger partial charge in [-0.1, -0.05) is 120 Å². The minimum absolute atomic E-state index is 0.578. The van der Waals surface area contributed by atoms with Gasteiger partial charge in [0.1, 0.15) is 23.0 Å². The Kier molecular flexibility index (Phi) is 8.54. The Labute approximate surface area is 287 Å². The first kappa shape index (κ1) is 30.8. The second-order valence-corrected chi connectivity index (χ2v) is 15.4. The lowest BCUT2D eigenvalue weighted by Gasteiger charge is -2.27. The zero-order valence-corrected chi connectivity index (χ0v) is 28.2. The minimum atomic E-state index is -2.94. The SMILES string of the molecule is B(c1cccc2c1N=P(Oc1ccccc1)(Oc1ccccc1)C=C2)c1cccc2c1N=P(Oc1ccccc1)(Oc1ccccc1)C=C2. The number of fused-ring (bicyclic) bond motifs is 2. The molecule has 0 aliphatic carbocycles. The molecule has 6 aromatic carbocycles. The predicted molar refractivity (Wildman–Crippen MR) is 204 cm³/mol. The summed E-state index contributed by atoms with van der Waals surface area (Å²) in [7, 11) is -5.31. The van der Waals surface area contributed by atoms with E-state index in [1.165, 1.54) is 0 Å². The van der Waals surface area contributed by atoms with Crippen molar-refractivity contribution in [2.45, 2.75) is 0 Å². The fourth-order valence-electron chi connectivity index (χ4n) is 5.69. The van der Waals surface area contributed by atoms with Gasteiger partial charge in [0.2, 0.25) is 0 Å². The van der Waals surface area contributed by atoms with E-state index < -0.39 is 15.0 Å². The second-order valence-electron chi connectivity index (χ2n) is 11.5. The summed E-state index contributed by atoms with van der Waals surface area (Å²) in [6, 6.07) is 51.4. The van der Waals surface area contributed by atoms with Crippen LogP contribution in [0.3, 0.4) is 0 Å². The van der Waals surface area contributed by atoms with Gasteiger partial charge < -0.3 is 18.1 Å². The Balaban J connectivity index is 1.21. The van der Waals surface area contributed by atoms with Crippen LogP contribution in [0.1, 0.15) is 11.1 Å². The van der Waals surface area contributed by atoms with Crippen LogP contribution in [-0.2, 0) is 0 Å². The summed E-state index contributed by atoms with van der Waals surface area (Å²) >= 11 is 0. The van der Waals surface area contributed by atoms with Crippen molar-refractivity contribution in [2.75, 3.05) is 0 Å². The van der Waals surface area contributed by atoms with Crippen molar-refractivity contribution in [1.29, 1.82) is 0 Å². The molecule has 2 aliphatic rings. The molecule has 0 spiro atoms. The summed E-state index contributed by atoms with van der Waals surface area (Å²) < 4.78 is 37.1. The van der Waals surface area contributed by atoms with E-state index in [9.17, 15) is 0 Å². The molecule has 8 rings (SSSR count). The quantitative estimate of drug-likeness (QED) is 0.107. The number of benzene rings is 6. The van der Waals surface area contributed by atoms with E-state index >= 15 is 0 Å². The lowest BCUT2D eigenvalue weighted by atomic mass is 9.62. The molecule has 0 atom stereocenters. The first-order valence-electron chi connectivity index (χ1n) is 16.0. The Morgan fingerprint density at radius 1 is 0.367 bits per heavy atom. The third kappa shape index (κ3) is 6.91. The summed E-state index contributed by atoms with van der Waals surface area (Å²) in [4.78, 5) is 0. The minimum Gasteiger partial charge on any atom is -0.427 e. The Bertz CT molecular complexity index is 2030. The molecule has 6 nitrogen and oxygen atoms in total. The summed E-state index contributed by atoms with van der Waals surface area (Å²) in [5.41, 5.74) is 5.77. The summed E-state index contributed by atoms with van der Waals surface area (Å²) in [6.07, 6.45) is 4.13. The van der Waals surface area contributed by atoms with Crippen LogP contribution in [0.2, 0.25) is 0 Å². The molecule has 2 aliphatic heterocycles. The smallest absolute Gasteiger partial charge is 0.344 e. The maximum absolute atomic E-state index is 6.62. The first-order valence-corrected chi connectivity index (χ1v) is 19.3. The van der Waals surface area contributed by atoms with Gasteiger partial charge in [-0.15, -0.1) is 0 Å². The molecular formula is C40H31BN2O4P2. The maximum Gasteiger partial charge on any atom is 0.344 e. The molecule has 0 N–H and O–H groups in total. The number of para-hydroxylation sites is 4. The number of hydrogen-bond donors (Lipinski definition) is 0. The van der Waals surface area contributed by atoms with Crippen molar-refractivity contribution in [2.24, 2.45) is 9.49 Å². The molecule has 0 unspecified atom stereocenters. The molecule has 238 valence electrons. The van der Waals surface area contributed by atoms with E-state index in [1.54, 1.807) is 0 Å². The number of hydrogen-bond acceptors (Lipinski definition) is 6. The normalized spacial score (nSPS) is 14.6. The third-order valence-corrected chi connectivity index (χ3v) is 11.9. The van der Waals surface area contributed by atoms with Gasteiger partial charge in [-0.3, -0.25) is 0 Å². The van der Waals surface area contributed by atoms with Crippen molar-refractivity contribution in [3.05, 3.63) is 180 Å². The van der Waals surface area contributed by atoms with Crippen LogP contribution in [0.5, 0.6) is 23.0 Å². The van der Waals surface area contributed by atoms with Crippen LogP contribution < -0.4 is 29.0 Å². The fourth-order valence-corrected chi connectivity index (χ4v) is 9.74. The molecule has 0 bridgehead atoms. The summed E-state index contributed by atoms with van der Waals surface area (Å²) in [6.45, 7) is 0. The van der Waals surface area contributed by atoms with Gasteiger partial charge in [-0.25, -0.2) is 0 Å². The zero-order chi connectivity index (χ0) is 32.9. The lowest BCUT2D eigenvalue weighted by Crippen LogP contribution is -2.29. The molecule has 49 heavy (non-hydrogen) atoms. The monoisotopic (exact) mass is 676 g/mol. The van der Waals surface area contributed by atoms with Crippen LogP contribution in [0, 0.1) is 0 Å². The van der Waals surface area contributed by atoms with Crippen LogP contribution in [0.25, 0.3) is 12.2 Å².